The van der Waals surface area contributed by atoms with E-state index in [4.69, 9.17) is 0 Å². The van der Waals surface area contributed by atoms with E-state index in [-0.39, 0.29) is 24.9 Å². The quantitative estimate of drug-likeness (QED) is 0.634. The number of rotatable bonds is 6. The lowest BCUT2D eigenvalue weighted by Crippen LogP contribution is -2.43. The van der Waals surface area contributed by atoms with Crippen molar-refractivity contribution in [1.29, 1.82) is 0 Å². The van der Waals surface area contributed by atoms with E-state index in [9.17, 15) is 14.7 Å². The first kappa shape index (κ1) is 15.9. The van der Waals surface area contributed by atoms with Crippen LogP contribution in [0.2, 0.25) is 0 Å². The first-order valence-corrected chi connectivity index (χ1v) is 6.00. The van der Waals surface area contributed by atoms with Crippen LogP contribution < -0.4 is 10.6 Å². The summed E-state index contributed by atoms with van der Waals surface area (Å²) in [7, 11) is 0. The number of amides is 2. The van der Waals surface area contributed by atoms with Gasteiger partial charge in [-0.2, -0.15) is 0 Å². The van der Waals surface area contributed by atoms with Gasteiger partial charge in [-0.3, -0.25) is 9.59 Å². The lowest BCUT2D eigenvalue weighted by molar-refractivity contribution is -0.131. The van der Waals surface area contributed by atoms with Crippen LogP contribution in [0.3, 0.4) is 0 Å². The zero-order valence-electron chi connectivity index (χ0n) is 11.2. The van der Waals surface area contributed by atoms with Crippen LogP contribution in [0.15, 0.2) is 0 Å². The highest BCUT2D eigenvalue weighted by Crippen LogP contribution is 2.11. The Morgan fingerprint density at radius 2 is 1.82 bits per heavy atom. The topological polar surface area (TPSA) is 78.4 Å². The summed E-state index contributed by atoms with van der Waals surface area (Å²) in [6.45, 7) is 7.50. The minimum absolute atomic E-state index is 0.0467. The van der Waals surface area contributed by atoms with Crippen LogP contribution in [0.1, 0.15) is 40.5 Å². The molecule has 0 fully saturated rings. The Morgan fingerprint density at radius 1 is 1.24 bits per heavy atom. The van der Waals surface area contributed by atoms with Gasteiger partial charge >= 0.3 is 0 Å². The van der Waals surface area contributed by atoms with Crippen molar-refractivity contribution in [3.05, 3.63) is 0 Å². The van der Waals surface area contributed by atoms with Crippen molar-refractivity contribution < 1.29 is 14.7 Å². The average molecular weight is 244 g/mol. The van der Waals surface area contributed by atoms with Crippen molar-refractivity contribution in [3.63, 3.8) is 0 Å². The van der Waals surface area contributed by atoms with Crippen LogP contribution in [-0.4, -0.2) is 36.1 Å². The number of hydrogen-bond donors (Lipinski definition) is 3. The predicted molar refractivity (Wildman–Crippen MR) is 66.4 cm³/mol. The standard InChI is InChI=1S/C12H24N2O3/c1-5-6-9(15)7-13-10(16)8-14-11(17)12(2,3)4/h9,15H,5-8H2,1-4H3,(H,13,16)(H,14,17). The zero-order chi connectivity index (χ0) is 13.5. The van der Waals surface area contributed by atoms with Gasteiger partial charge in [-0.05, 0) is 6.42 Å². The first-order chi connectivity index (χ1) is 7.77. The van der Waals surface area contributed by atoms with E-state index in [0.717, 1.165) is 6.42 Å². The highest BCUT2D eigenvalue weighted by molar-refractivity contribution is 5.87. The molecule has 0 radical (unpaired) electrons. The third kappa shape index (κ3) is 7.74. The minimum Gasteiger partial charge on any atom is -0.391 e. The average Bonchev–Trinajstić information content (AvgIpc) is 2.22. The second kappa shape index (κ2) is 7.27. The van der Waals surface area contributed by atoms with Gasteiger partial charge in [-0.25, -0.2) is 0 Å². The van der Waals surface area contributed by atoms with Crippen LogP contribution >= 0.6 is 0 Å². The van der Waals surface area contributed by atoms with Crippen LogP contribution in [0.4, 0.5) is 0 Å². The Morgan fingerprint density at radius 3 is 2.29 bits per heavy atom. The second-order valence-electron chi connectivity index (χ2n) is 5.18. The van der Waals surface area contributed by atoms with Gasteiger partial charge in [-0.1, -0.05) is 34.1 Å². The number of carbonyl (C=O) groups excluding carboxylic acids is 2. The van der Waals surface area contributed by atoms with Crippen LogP contribution in [0.25, 0.3) is 0 Å². The Hall–Kier alpha value is -1.10. The van der Waals surface area contributed by atoms with Crippen molar-refractivity contribution in [2.45, 2.75) is 46.6 Å². The van der Waals surface area contributed by atoms with Crippen LogP contribution in [-0.2, 0) is 9.59 Å². The highest BCUT2D eigenvalue weighted by Gasteiger charge is 2.21. The predicted octanol–water partition coefficient (Wildman–Crippen LogP) is 0.426. The molecule has 0 spiro atoms. The number of carbonyl (C=O) groups is 2. The van der Waals surface area contributed by atoms with Crippen molar-refractivity contribution in [1.82, 2.24) is 10.6 Å². The molecule has 100 valence electrons. The van der Waals surface area contributed by atoms with E-state index in [1.165, 1.54) is 0 Å². The molecule has 3 N–H and O–H groups in total. The number of hydrogen-bond acceptors (Lipinski definition) is 3. The fourth-order valence-electron chi connectivity index (χ4n) is 1.16. The zero-order valence-corrected chi connectivity index (χ0v) is 11.2. The van der Waals surface area contributed by atoms with E-state index in [1.807, 2.05) is 6.92 Å². The van der Waals surface area contributed by atoms with Crippen LogP contribution in [0.5, 0.6) is 0 Å². The fourth-order valence-corrected chi connectivity index (χ4v) is 1.16. The first-order valence-electron chi connectivity index (χ1n) is 6.00. The summed E-state index contributed by atoms with van der Waals surface area (Å²) in [5, 5.41) is 14.5. The van der Waals surface area contributed by atoms with Gasteiger partial charge in [0.25, 0.3) is 0 Å². The molecule has 0 bridgehead atoms. The summed E-state index contributed by atoms with van der Waals surface area (Å²) in [6, 6.07) is 0. The summed E-state index contributed by atoms with van der Waals surface area (Å²) < 4.78 is 0. The van der Waals surface area contributed by atoms with Gasteiger partial charge in [0.15, 0.2) is 0 Å². The lowest BCUT2D eigenvalue weighted by Gasteiger charge is -2.17. The van der Waals surface area contributed by atoms with Crippen molar-refractivity contribution in [2.24, 2.45) is 5.41 Å². The molecule has 0 aromatic carbocycles. The Balaban J connectivity index is 3.78. The number of aliphatic hydroxyl groups is 1. The molecule has 0 saturated heterocycles. The molecular weight excluding hydrogens is 220 g/mol. The molecule has 5 heteroatoms. The maximum Gasteiger partial charge on any atom is 0.239 e. The van der Waals surface area contributed by atoms with E-state index in [1.54, 1.807) is 20.8 Å². The molecule has 0 aliphatic carbocycles. The number of nitrogens with one attached hydrogen (secondary N) is 2. The van der Waals surface area contributed by atoms with Gasteiger partial charge in [0, 0.05) is 12.0 Å². The lowest BCUT2D eigenvalue weighted by atomic mass is 9.96. The maximum atomic E-state index is 11.5. The smallest absolute Gasteiger partial charge is 0.239 e. The highest BCUT2D eigenvalue weighted by atomic mass is 16.3. The summed E-state index contributed by atoms with van der Waals surface area (Å²) >= 11 is 0. The third-order valence-corrected chi connectivity index (χ3v) is 2.25. The largest absolute Gasteiger partial charge is 0.391 e. The molecule has 0 heterocycles. The molecule has 1 atom stereocenters. The molecule has 0 aliphatic heterocycles. The molecule has 0 aromatic heterocycles. The molecule has 2 amide bonds. The van der Waals surface area contributed by atoms with Gasteiger partial charge in [0.1, 0.15) is 0 Å². The molecule has 5 nitrogen and oxygen atoms in total. The molecule has 0 aromatic rings. The second-order valence-corrected chi connectivity index (χ2v) is 5.18. The summed E-state index contributed by atoms with van der Waals surface area (Å²) in [6.07, 6.45) is 1.02. The van der Waals surface area contributed by atoms with E-state index >= 15 is 0 Å². The molecule has 0 rings (SSSR count). The number of aliphatic hydroxyl groups excluding tert-OH is 1. The van der Waals surface area contributed by atoms with Crippen molar-refractivity contribution in [3.8, 4) is 0 Å². The Labute approximate surface area is 103 Å². The molecule has 0 saturated carbocycles. The van der Waals surface area contributed by atoms with Gasteiger partial charge in [0.2, 0.25) is 11.8 Å². The Kier molecular flexibility index (Phi) is 6.80. The van der Waals surface area contributed by atoms with E-state index in [0.29, 0.717) is 6.42 Å². The maximum absolute atomic E-state index is 11.5. The molecule has 1 unspecified atom stereocenters. The van der Waals surface area contributed by atoms with E-state index < -0.39 is 11.5 Å². The summed E-state index contributed by atoms with van der Waals surface area (Å²) in [4.78, 5) is 22.8. The third-order valence-electron chi connectivity index (χ3n) is 2.25. The van der Waals surface area contributed by atoms with Crippen LogP contribution in [0, 0.1) is 5.41 Å². The van der Waals surface area contributed by atoms with Gasteiger partial charge < -0.3 is 15.7 Å². The van der Waals surface area contributed by atoms with Gasteiger partial charge in [-0.15, -0.1) is 0 Å². The van der Waals surface area contributed by atoms with Crippen molar-refractivity contribution >= 4 is 11.8 Å². The monoisotopic (exact) mass is 244 g/mol. The van der Waals surface area contributed by atoms with E-state index in [2.05, 4.69) is 10.6 Å². The minimum atomic E-state index is -0.512. The van der Waals surface area contributed by atoms with Gasteiger partial charge in [0.05, 0.1) is 12.6 Å². The summed E-state index contributed by atoms with van der Waals surface area (Å²) in [5.41, 5.74) is -0.498. The Bertz CT molecular complexity index is 259. The molecule has 17 heavy (non-hydrogen) atoms. The van der Waals surface area contributed by atoms with Crippen molar-refractivity contribution in [2.75, 3.05) is 13.1 Å². The molecular formula is C12H24N2O3. The SMILES string of the molecule is CCCC(O)CNC(=O)CNC(=O)C(C)(C)C. The fraction of sp³-hybridized carbons (Fsp3) is 0.833. The normalized spacial score (nSPS) is 13.0. The summed E-state index contributed by atoms with van der Waals surface area (Å²) in [5.74, 6) is -0.445. The molecule has 0 aliphatic rings.